The van der Waals surface area contributed by atoms with Gasteiger partial charge in [0.1, 0.15) is 5.76 Å². The Balaban J connectivity index is 1.73. The Hall–Kier alpha value is -1.36. The van der Waals surface area contributed by atoms with E-state index in [2.05, 4.69) is 15.8 Å². The summed E-state index contributed by atoms with van der Waals surface area (Å²) in [5, 5.41) is 10.1. The average molecular weight is 251 g/mol. The molecular formula is C13H21N3O2. The molecule has 100 valence electrons. The number of rotatable bonds is 5. The topological polar surface area (TPSA) is 67.2 Å². The van der Waals surface area contributed by atoms with Crippen LogP contribution in [0.5, 0.6) is 0 Å². The first-order chi connectivity index (χ1) is 8.65. The van der Waals surface area contributed by atoms with Gasteiger partial charge in [0.25, 0.3) is 0 Å². The molecule has 2 N–H and O–H groups in total. The van der Waals surface area contributed by atoms with Crippen LogP contribution < -0.4 is 10.6 Å². The second kappa shape index (κ2) is 6.00. The zero-order valence-corrected chi connectivity index (χ0v) is 11.0. The molecule has 5 heteroatoms. The highest BCUT2D eigenvalue weighted by Crippen LogP contribution is 2.17. The van der Waals surface area contributed by atoms with Gasteiger partial charge in [-0.25, -0.2) is 0 Å². The fourth-order valence-corrected chi connectivity index (χ4v) is 2.25. The minimum Gasteiger partial charge on any atom is -0.361 e. The Morgan fingerprint density at radius 2 is 2.28 bits per heavy atom. The summed E-state index contributed by atoms with van der Waals surface area (Å²) in [6, 6.07) is 2.04. The molecular weight excluding hydrogens is 230 g/mol. The maximum Gasteiger partial charge on any atom is 0.237 e. The highest BCUT2D eigenvalue weighted by Gasteiger charge is 2.20. The molecule has 0 aliphatic heterocycles. The SMILES string of the molecule is Cc1cc(CNC(C)C(=O)NC2CCCC2)no1. The lowest BCUT2D eigenvalue weighted by molar-refractivity contribution is -0.123. The molecule has 0 radical (unpaired) electrons. The number of nitrogens with zero attached hydrogens (tertiary/aromatic N) is 1. The first-order valence-corrected chi connectivity index (χ1v) is 6.61. The summed E-state index contributed by atoms with van der Waals surface area (Å²) in [7, 11) is 0. The van der Waals surface area contributed by atoms with Gasteiger partial charge in [-0.3, -0.25) is 4.79 Å². The number of aryl methyl sites for hydroxylation is 1. The first kappa shape index (κ1) is 13.1. The second-order valence-electron chi connectivity index (χ2n) is 5.02. The highest BCUT2D eigenvalue weighted by atomic mass is 16.5. The third kappa shape index (κ3) is 3.57. The van der Waals surface area contributed by atoms with E-state index in [1.54, 1.807) is 0 Å². The monoisotopic (exact) mass is 251 g/mol. The smallest absolute Gasteiger partial charge is 0.237 e. The van der Waals surface area contributed by atoms with Crippen LogP contribution in [0.25, 0.3) is 0 Å². The van der Waals surface area contributed by atoms with Crippen molar-refractivity contribution in [1.82, 2.24) is 15.8 Å². The zero-order valence-electron chi connectivity index (χ0n) is 11.0. The number of hydrogen-bond donors (Lipinski definition) is 2. The minimum atomic E-state index is -0.206. The number of nitrogens with one attached hydrogen (secondary N) is 2. The molecule has 1 aromatic rings. The van der Waals surface area contributed by atoms with Gasteiger partial charge in [-0.1, -0.05) is 18.0 Å². The molecule has 1 aliphatic carbocycles. The maximum absolute atomic E-state index is 11.9. The van der Waals surface area contributed by atoms with Gasteiger partial charge in [-0.2, -0.15) is 0 Å². The van der Waals surface area contributed by atoms with E-state index >= 15 is 0 Å². The van der Waals surface area contributed by atoms with E-state index in [0.29, 0.717) is 12.6 Å². The van der Waals surface area contributed by atoms with Crippen molar-refractivity contribution in [1.29, 1.82) is 0 Å². The number of carbonyl (C=O) groups excluding carboxylic acids is 1. The molecule has 2 rings (SSSR count). The Morgan fingerprint density at radius 1 is 1.56 bits per heavy atom. The molecule has 0 saturated heterocycles. The van der Waals surface area contributed by atoms with Gasteiger partial charge in [0, 0.05) is 18.7 Å². The maximum atomic E-state index is 11.9. The van der Waals surface area contributed by atoms with E-state index in [0.717, 1.165) is 24.3 Å². The predicted molar refractivity (Wildman–Crippen MR) is 67.9 cm³/mol. The van der Waals surface area contributed by atoms with E-state index in [1.165, 1.54) is 12.8 Å². The van der Waals surface area contributed by atoms with Crippen molar-refractivity contribution in [3.63, 3.8) is 0 Å². The van der Waals surface area contributed by atoms with Gasteiger partial charge in [0.2, 0.25) is 5.91 Å². The molecule has 0 spiro atoms. The molecule has 1 heterocycles. The van der Waals surface area contributed by atoms with E-state index in [-0.39, 0.29) is 11.9 Å². The van der Waals surface area contributed by atoms with E-state index < -0.39 is 0 Å². The molecule has 1 saturated carbocycles. The van der Waals surface area contributed by atoms with Gasteiger partial charge < -0.3 is 15.2 Å². The van der Waals surface area contributed by atoms with Gasteiger partial charge in [0.15, 0.2) is 0 Å². The van der Waals surface area contributed by atoms with Crippen molar-refractivity contribution in [2.24, 2.45) is 0 Å². The van der Waals surface area contributed by atoms with Crippen molar-refractivity contribution in [3.8, 4) is 0 Å². The number of aromatic nitrogens is 1. The lowest BCUT2D eigenvalue weighted by Crippen LogP contribution is -2.45. The summed E-state index contributed by atoms with van der Waals surface area (Å²) in [6.07, 6.45) is 4.68. The summed E-state index contributed by atoms with van der Waals surface area (Å²) in [6.45, 7) is 4.28. The number of carbonyl (C=O) groups is 1. The molecule has 1 aliphatic rings. The number of amides is 1. The molecule has 1 amide bonds. The molecule has 0 bridgehead atoms. The quantitative estimate of drug-likeness (QED) is 0.832. The molecule has 1 aromatic heterocycles. The van der Waals surface area contributed by atoms with Crippen molar-refractivity contribution < 1.29 is 9.32 Å². The molecule has 0 aromatic carbocycles. The molecule has 18 heavy (non-hydrogen) atoms. The van der Waals surface area contributed by atoms with Crippen LogP contribution >= 0.6 is 0 Å². The highest BCUT2D eigenvalue weighted by molar-refractivity contribution is 5.81. The molecule has 1 atom stereocenters. The van der Waals surface area contributed by atoms with E-state index in [9.17, 15) is 4.79 Å². The largest absolute Gasteiger partial charge is 0.361 e. The van der Waals surface area contributed by atoms with Crippen molar-refractivity contribution in [3.05, 3.63) is 17.5 Å². The first-order valence-electron chi connectivity index (χ1n) is 6.61. The zero-order chi connectivity index (χ0) is 13.0. The van der Waals surface area contributed by atoms with Crippen LogP contribution in [0.2, 0.25) is 0 Å². The van der Waals surface area contributed by atoms with E-state index in [4.69, 9.17) is 4.52 Å². The summed E-state index contributed by atoms with van der Waals surface area (Å²) in [5.41, 5.74) is 0.827. The Morgan fingerprint density at radius 3 is 2.89 bits per heavy atom. The van der Waals surface area contributed by atoms with Gasteiger partial charge in [0.05, 0.1) is 11.7 Å². The van der Waals surface area contributed by atoms with Crippen LogP contribution in [-0.4, -0.2) is 23.1 Å². The lowest BCUT2D eigenvalue weighted by atomic mass is 10.2. The van der Waals surface area contributed by atoms with Crippen LogP contribution in [0.15, 0.2) is 10.6 Å². The summed E-state index contributed by atoms with van der Waals surface area (Å²) in [4.78, 5) is 11.9. The van der Waals surface area contributed by atoms with Gasteiger partial charge in [-0.05, 0) is 26.7 Å². The second-order valence-corrected chi connectivity index (χ2v) is 5.02. The Bertz CT molecular complexity index is 397. The molecule has 1 unspecified atom stereocenters. The van der Waals surface area contributed by atoms with E-state index in [1.807, 2.05) is 19.9 Å². The lowest BCUT2D eigenvalue weighted by Gasteiger charge is -2.17. The predicted octanol–water partition coefficient (Wildman–Crippen LogP) is 1.52. The summed E-state index contributed by atoms with van der Waals surface area (Å²) >= 11 is 0. The fourth-order valence-electron chi connectivity index (χ4n) is 2.25. The summed E-state index contributed by atoms with van der Waals surface area (Å²) < 4.78 is 4.97. The van der Waals surface area contributed by atoms with Gasteiger partial charge >= 0.3 is 0 Å². The standard InChI is InChI=1S/C13H21N3O2/c1-9-7-12(16-18-9)8-14-10(2)13(17)15-11-5-3-4-6-11/h7,10-11,14H,3-6,8H2,1-2H3,(H,15,17). The summed E-state index contributed by atoms with van der Waals surface area (Å²) in [5.74, 6) is 0.858. The van der Waals surface area contributed by atoms with Crippen molar-refractivity contribution in [2.75, 3.05) is 0 Å². The van der Waals surface area contributed by atoms with Crippen LogP contribution in [0.4, 0.5) is 0 Å². The number of hydrogen-bond acceptors (Lipinski definition) is 4. The fraction of sp³-hybridized carbons (Fsp3) is 0.692. The van der Waals surface area contributed by atoms with Crippen LogP contribution in [0.3, 0.4) is 0 Å². The molecule has 1 fully saturated rings. The average Bonchev–Trinajstić information content (AvgIpc) is 2.97. The molecule has 5 nitrogen and oxygen atoms in total. The van der Waals surface area contributed by atoms with Crippen LogP contribution in [0.1, 0.15) is 44.1 Å². The van der Waals surface area contributed by atoms with Crippen LogP contribution in [0, 0.1) is 6.92 Å². The minimum absolute atomic E-state index is 0.0714. The normalized spacial score (nSPS) is 17.9. The Labute approximate surface area is 107 Å². The van der Waals surface area contributed by atoms with Crippen molar-refractivity contribution >= 4 is 5.91 Å². The Kier molecular flexibility index (Phi) is 4.36. The van der Waals surface area contributed by atoms with Crippen LogP contribution in [-0.2, 0) is 11.3 Å². The third-order valence-corrected chi connectivity index (χ3v) is 3.36. The van der Waals surface area contributed by atoms with Gasteiger partial charge in [-0.15, -0.1) is 0 Å². The third-order valence-electron chi connectivity index (χ3n) is 3.36. The van der Waals surface area contributed by atoms with Crippen molar-refractivity contribution in [2.45, 2.75) is 58.2 Å².